The number of rotatable bonds is 5. The number of benzene rings is 1. The Kier molecular flexibility index (Phi) is 5.06. The highest BCUT2D eigenvalue weighted by Crippen LogP contribution is 2.14. The lowest BCUT2D eigenvalue weighted by atomic mass is 10.2. The van der Waals surface area contributed by atoms with Gasteiger partial charge < -0.3 is 10.6 Å². The Hall–Kier alpha value is -3.19. The number of hydrogen-bond acceptors (Lipinski definition) is 4. The fourth-order valence-electron chi connectivity index (χ4n) is 2.11. The van der Waals surface area contributed by atoms with E-state index in [1.165, 1.54) is 12.3 Å². The fraction of sp³-hybridized carbons (Fsp3) is 0.0588. The highest BCUT2D eigenvalue weighted by Gasteiger charge is 2.14. The first-order valence-electron chi connectivity index (χ1n) is 7.43. The molecule has 2 heterocycles. The van der Waals surface area contributed by atoms with E-state index in [2.05, 4.69) is 25.8 Å². The van der Waals surface area contributed by atoms with Gasteiger partial charge in [0.15, 0.2) is 5.82 Å². The molecule has 0 aliphatic heterocycles. The minimum Gasteiger partial charge on any atom is -0.347 e. The average molecular weight is 356 g/mol. The Morgan fingerprint density at radius 2 is 1.88 bits per heavy atom. The number of amides is 2. The van der Waals surface area contributed by atoms with Crippen molar-refractivity contribution in [1.29, 1.82) is 0 Å². The van der Waals surface area contributed by atoms with Crippen molar-refractivity contribution in [3.63, 3.8) is 0 Å². The van der Waals surface area contributed by atoms with Crippen molar-refractivity contribution in [1.82, 2.24) is 20.5 Å². The van der Waals surface area contributed by atoms with E-state index in [4.69, 9.17) is 11.6 Å². The summed E-state index contributed by atoms with van der Waals surface area (Å²) in [5.74, 6) is -0.563. The molecule has 3 rings (SSSR count). The highest BCUT2D eigenvalue weighted by atomic mass is 35.5. The van der Waals surface area contributed by atoms with Crippen molar-refractivity contribution in [2.24, 2.45) is 0 Å². The number of halogens is 1. The van der Waals surface area contributed by atoms with Crippen molar-refractivity contribution < 1.29 is 9.59 Å². The molecule has 0 aliphatic carbocycles. The van der Waals surface area contributed by atoms with Crippen LogP contribution in [0.4, 0.5) is 5.82 Å². The first-order valence-corrected chi connectivity index (χ1v) is 7.80. The molecule has 0 saturated carbocycles. The molecule has 126 valence electrons. The summed E-state index contributed by atoms with van der Waals surface area (Å²) in [5.41, 5.74) is 1.45. The third kappa shape index (κ3) is 4.21. The topological polar surface area (TPSA) is 99.8 Å². The molecular formula is C17H14ClN5O2. The van der Waals surface area contributed by atoms with Crippen molar-refractivity contribution >= 4 is 29.2 Å². The Bertz CT molecular complexity index is 895. The molecule has 25 heavy (non-hydrogen) atoms. The number of anilines is 1. The molecule has 0 aliphatic rings. The molecule has 0 atom stereocenters. The lowest BCUT2D eigenvalue weighted by molar-refractivity contribution is 0.0945. The van der Waals surface area contributed by atoms with E-state index < -0.39 is 5.91 Å². The van der Waals surface area contributed by atoms with Crippen molar-refractivity contribution in [3.8, 4) is 0 Å². The second-order valence-electron chi connectivity index (χ2n) is 5.13. The third-order valence-corrected chi connectivity index (χ3v) is 3.66. The quantitative estimate of drug-likeness (QED) is 0.612. The molecule has 0 spiro atoms. The molecule has 1 aromatic carbocycles. The van der Waals surface area contributed by atoms with Crippen LogP contribution in [0.3, 0.4) is 0 Å². The van der Waals surface area contributed by atoms with E-state index in [0.717, 1.165) is 5.56 Å². The third-order valence-electron chi connectivity index (χ3n) is 3.36. The van der Waals surface area contributed by atoms with Gasteiger partial charge in [-0.15, -0.1) is 0 Å². The summed E-state index contributed by atoms with van der Waals surface area (Å²) in [5, 5.41) is 11.9. The van der Waals surface area contributed by atoms with Crippen LogP contribution in [-0.4, -0.2) is 27.0 Å². The summed E-state index contributed by atoms with van der Waals surface area (Å²) in [4.78, 5) is 28.1. The van der Waals surface area contributed by atoms with E-state index in [0.29, 0.717) is 6.54 Å². The van der Waals surface area contributed by atoms with Gasteiger partial charge in [-0.25, -0.2) is 4.98 Å². The molecule has 3 N–H and O–H groups in total. The average Bonchev–Trinajstić information content (AvgIpc) is 3.09. The van der Waals surface area contributed by atoms with Gasteiger partial charge in [0.1, 0.15) is 10.8 Å². The Labute approximate surface area is 148 Å². The molecule has 0 unspecified atom stereocenters. The number of nitrogens with one attached hydrogen (secondary N) is 3. The van der Waals surface area contributed by atoms with Crippen molar-refractivity contribution in [2.75, 3.05) is 5.32 Å². The summed E-state index contributed by atoms with van der Waals surface area (Å²) < 4.78 is 0. The van der Waals surface area contributed by atoms with Crippen molar-refractivity contribution in [2.45, 2.75) is 6.54 Å². The number of carbonyl (C=O) groups is 2. The van der Waals surface area contributed by atoms with Crippen LogP contribution in [0, 0.1) is 0 Å². The lowest BCUT2D eigenvalue weighted by Crippen LogP contribution is -2.23. The zero-order chi connectivity index (χ0) is 17.6. The summed E-state index contributed by atoms with van der Waals surface area (Å²) in [6.07, 6.45) is 1.49. The molecule has 7 nitrogen and oxygen atoms in total. The van der Waals surface area contributed by atoms with E-state index >= 15 is 0 Å². The van der Waals surface area contributed by atoms with Crippen LogP contribution in [0.1, 0.15) is 26.4 Å². The Balaban J connectivity index is 1.61. The first-order chi connectivity index (χ1) is 12.1. The van der Waals surface area contributed by atoms with Gasteiger partial charge in [-0.05, 0) is 17.7 Å². The second-order valence-corrected chi connectivity index (χ2v) is 5.49. The minimum absolute atomic E-state index is 0.0939. The predicted octanol–water partition coefficient (Wildman–Crippen LogP) is 2.64. The summed E-state index contributed by atoms with van der Waals surface area (Å²) in [7, 11) is 0. The Morgan fingerprint density at radius 3 is 2.64 bits per heavy atom. The maximum Gasteiger partial charge on any atom is 0.269 e. The number of pyridine rings is 1. The molecule has 0 bridgehead atoms. The molecule has 0 radical (unpaired) electrons. The largest absolute Gasteiger partial charge is 0.347 e. The van der Waals surface area contributed by atoms with E-state index in [-0.39, 0.29) is 28.1 Å². The van der Waals surface area contributed by atoms with Gasteiger partial charge in [0.2, 0.25) is 0 Å². The number of aromatic amines is 1. The number of nitrogens with zero attached hydrogens (tertiary/aromatic N) is 2. The lowest BCUT2D eigenvalue weighted by Gasteiger charge is -2.03. The molecule has 2 aromatic heterocycles. The van der Waals surface area contributed by atoms with Gasteiger partial charge in [-0.1, -0.05) is 41.9 Å². The Morgan fingerprint density at radius 1 is 1.08 bits per heavy atom. The fourth-order valence-corrected chi connectivity index (χ4v) is 2.32. The normalized spacial score (nSPS) is 10.3. The van der Waals surface area contributed by atoms with Gasteiger partial charge in [0, 0.05) is 18.8 Å². The van der Waals surface area contributed by atoms with Gasteiger partial charge >= 0.3 is 0 Å². The van der Waals surface area contributed by atoms with Gasteiger partial charge in [-0.2, -0.15) is 5.10 Å². The molecule has 2 amide bonds. The van der Waals surface area contributed by atoms with Crippen LogP contribution >= 0.6 is 11.6 Å². The summed E-state index contributed by atoms with van der Waals surface area (Å²) in [6, 6.07) is 14.1. The predicted molar refractivity (Wildman–Crippen MR) is 93.4 cm³/mol. The van der Waals surface area contributed by atoms with E-state index in [9.17, 15) is 9.59 Å². The van der Waals surface area contributed by atoms with Crippen LogP contribution in [0.25, 0.3) is 0 Å². The molecule has 3 aromatic rings. The number of hydrogen-bond donors (Lipinski definition) is 3. The van der Waals surface area contributed by atoms with Gasteiger partial charge in [0.05, 0.1) is 5.56 Å². The number of aromatic nitrogens is 3. The van der Waals surface area contributed by atoms with Crippen LogP contribution in [0.15, 0.2) is 54.7 Å². The van der Waals surface area contributed by atoms with E-state index in [1.54, 1.807) is 12.1 Å². The SMILES string of the molecule is O=C(NCc1ccccc1)c1cc(NC(=O)c2cccnc2Cl)n[nH]1. The van der Waals surface area contributed by atoms with Crippen molar-refractivity contribution in [3.05, 3.63) is 76.7 Å². The zero-order valence-corrected chi connectivity index (χ0v) is 13.7. The van der Waals surface area contributed by atoms with E-state index in [1.807, 2.05) is 30.3 Å². The maximum atomic E-state index is 12.1. The molecule has 0 saturated heterocycles. The minimum atomic E-state index is -0.458. The molecule has 0 fully saturated rings. The second kappa shape index (κ2) is 7.59. The summed E-state index contributed by atoms with van der Waals surface area (Å²) >= 11 is 5.88. The maximum absolute atomic E-state index is 12.1. The van der Waals surface area contributed by atoms with Crippen LogP contribution in [0.2, 0.25) is 5.15 Å². The first kappa shape index (κ1) is 16.7. The molecule has 8 heteroatoms. The number of carbonyl (C=O) groups excluding carboxylic acids is 2. The van der Waals surface area contributed by atoms with Crippen LogP contribution in [0.5, 0.6) is 0 Å². The van der Waals surface area contributed by atoms with Gasteiger partial charge in [0.25, 0.3) is 11.8 Å². The highest BCUT2D eigenvalue weighted by molar-refractivity contribution is 6.33. The van der Waals surface area contributed by atoms with Gasteiger partial charge in [-0.3, -0.25) is 14.7 Å². The van der Waals surface area contributed by atoms with Crippen LogP contribution < -0.4 is 10.6 Å². The van der Waals surface area contributed by atoms with Crippen LogP contribution in [-0.2, 0) is 6.54 Å². The molecular weight excluding hydrogens is 342 g/mol. The monoisotopic (exact) mass is 355 g/mol. The standard InChI is InChI=1S/C17H14ClN5O2/c18-15-12(7-4-8-19-15)16(24)21-14-9-13(22-23-14)17(25)20-10-11-5-2-1-3-6-11/h1-9H,10H2,(H,20,25)(H2,21,22,23,24). The number of H-pyrrole nitrogens is 1. The zero-order valence-electron chi connectivity index (χ0n) is 13.0. The smallest absolute Gasteiger partial charge is 0.269 e. The summed E-state index contributed by atoms with van der Waals surface area (Å²) in [6.45, 7) is 0.395.